The maximum Gasteiger partial charge on any atom is 0.260 e. The fourth-order valence-corrected chi connectivity index (χ4v) is 4.74. The number of benzene rings is 1. The third-order valence-corrected chi connectivity index (χ3v) is 6.27. The molecule has 5 nitrogen and oxygen atoms in total. The third kappa shape index (κ3) is 5.02. The van der Waals surface area contributed by atoms with E-state index >= 15 is 0 Å². The maximum atomic E-state index is 12.7. The van der Waals surface area contributed by atoms with Gasteiger partial charge in [0.15, 0.2) is 0 Å². The Balaban J connectivity index is 1.69. The third-order valence-electron chi connectivity index (χ3n) is 4.46. The van der Waals surface area contributed by atoms with Crippen LogP contribution in [0.25, 0.3) is 21.3 Å². The van der Waals surface area contributed by atoms with E-state index in [9.17, 15) is 9.59 Å². The van der Waals surface area contributed by atoms with Crippen molar-refractivity contribution in [3.63, 3.8) is 0 Å². The summed E-state index contributed by atoms with van der Waals surface area (Å²) in [6.07, 6.45) is 2.02. The molecular formula is C21H25N3O2S2. The number of thioether (sulfide) groups is 1. The lowest BCUT2D eigenvalue weighted by Gasteiger charge is -2.12. The zero-order valence-corrected chi connectivity index (χ0v) is 18.0. The molecule has 1 atom stereocenters. The van der Waals surface area contributed by atoms with Crippen LogP contribution in [0.3, 0.4) is 0 Å². The van der Waals surface area contributed by atoms with Crippen LogP contribution in [-0.2, 0) is 10.5 Å². The summed E-state index contributed by atoms with van der Waals surface area (Å²) >= 11 is 2.93. The Morgan fingerprint density at radius 3 is 2.79 bits per heavy atom. The zero-order valence-electron chi connectivity index (χ0n) is 16.4. The van der Waals surface area contributed by atoms with Crippen molar-refractivity contribution in [3.05, 3.63) is 51.4 Å². The molecule has 3 aromatic rings. The standard InChI is InChI=1S/C21H25N3O2S2/c1-4-5-14(3)22-18(25)12-27-11-17-23-20(26)19-16(10-28-21(19)24-17)15-8-6-13(2)7-9-15/h6-10,14H,4-5,11-12H2,1-3H3,(H,22,25)(H,23,24,26)/t14-/m0/s1. The van der Waals surface area contributed by atoms with Gasteiger partial charge in [0, 0.05) is 17.0 Å². The highest BCUT2D eigenvalue weighted by Crippen LogP contribution is 2.31. The predicted octanol–water partition coefficient (Wildman–Crippen LogP) is 4.50. The second kappa shape index (κ2) is 9.39. The average Bonchev–Trinajstić information content (AvgIpc) is 3.07. The van der Waals surface area contributed by atoms with Crippen LogP contribution in [0.15, 0.2) is 34.4 Å². The van der Waals surface area contributed by atoms with Gasteiger partial charge in [-0.15, -0.1) is 23.1 Å². The van der Waals surface area contributed by atoms with Crippen molar-refractivity contribution in [2.24, 2.45) is 0 Å². The van der Waals surface area contributed by atoms with Gasteiger partial charge in [-0.1, -0.05) is 43.2 Å². The van der Waals surface area contributed by atoms with Gasteiger partial charge in [0.2, 0.25) is 5.91 Å². The van der Waals surface area contributed by atoms with Crippen molar-refractivity contribution in [2.75, 3.05) is 5.75 Å². The summed E-state index contributed by atoms with van der Waals surface area (Å²) in [5, 5.41) is 5.60. The first kappa shape index (κ1) is 20.6. The maximum absolute atomic E-state index is 12.7. The van der Waals surface area contributed by atoms with E-state index in [1.807, 2.05) is 43.5 Å². The molecule has 0 fully saturated rings. The van der Waals surface area contributed by atoms with Gasteiger partial charge < -0.3 is 10.3 Å². The second-order valence-electron chi connectivity index (χ2n) is 6.96. The van der Waals surface area contributed by atoms with Gasteiger partial charge >= 0.3 is 0 Å². The van der Waals surface area contributed by atoms with Crippen LogP contribution in [0.2, 0.25) is 0 Å². The molecule has 2 heterocycles. The van der Waals surface area contributed by atoms with E-state index in [2.05, 4.69) is 22.2 Å². The number of H-pyrrole nitrogens is 1. The summed E-state index contributed by atoms with van der Waals surface area (Å²) in [6, 6.07) is 8.32. The Morgan fingerprint density at radius 2 is 2.07 bits per heavy atom. The Kier molecular flexibility index (Phi) is 6.91. The molecule has 0 aliphatic heterocycles. The van der Waals surface area contributed by atoms with E-state index in [0.29, 0.717) is 22.7 Å². The van der Waals surface area contributed by atoms with Gasteiger partial charge in [-0.3, -0.25) is 9.59 Å². The normalized spacial score (nSPS) is 12.2. The molecule has 1 amide bonds. The molecule has 0 saturated heterocycles. The number of aromatic nitrogens is 2. The number of thiophene rings is 1. The molecule has 0 spiro atoms. The van der Waals surface area contributed by atoms with Gasteiger partial charge in [0.1, 0.15) is 10.7 Å². The van der Waals surface area contributed by atoms with Crippen molar-refractivity contribution < 1.29 is 4.79 Å². The smallest absolute Gasteiger partial charge is 0.260 e. The molecule has 0 aliphatic carbocycles. The van der Waals surface area contributed by atoms with Gasteiger partial charge in [0.05, 0.1) is 16.9 Å². The number of rotatable bonds is 8. The summed E-state index contributed by atoms with van der Waals surface area (Å²) in [5.41, 5.74) is 2.99. The SMILES string of the molecule is CCC[C@H](C)NC(=O)CSCc1nc2scc(-c3ccc(C)cc3)c2c(=O)[nH]1. The quantitative estimate of drug-likeness (QED) is 0.568. The number of carbonyl (C=O) groups is 1. The molecule has 148 valence electrons. The lowest BCUT2D eigenvalue weighted by atomic mass is 10.1. The van der Waals surface area contributed by atoms with Crippen molar-refractivity contribution in [1.29, 1.82) is 0 Å². The number of hydrogen-bond donors (Lipinski definition) is 2. The Labute approximate surface area is 173 Å². The predicted molar refractivity (Wildman–Crippen MR) is 119 cm³/mol. The van der Waals surface area contributed by atoms with Gasteiger partial charge in [0.25, 0.3) is 5.56 Å². The highest BCUT2D eigenvalue weighted by atomic mass is 32.2. The fourth-order valence-electron chi connectivity index (χ4n) is 3.07. The fraction of sp³-hybridized carbons (Fsp3) is 0.381. The van der Waals surface area contributed by atoms with Crippen LogP contribution in [0, 0.1) is 6.92 Å². The summed E-state index contributed by atoms with van der Waals surface area (Å²) in [5.74, 6) is 1.48. The molecular weight excluding hydrogens is 390 g/mol. The van der Waals surface area contributed by atoms with Crippen molar-refractivity contribution in [1.82, 2.24) is 15.3 Å². The highest BCUT2D eigenvalue weighted by molar-refractivity contribution is 7.99. The minimum absolute atomic E-state index is 0.0205. The Bertz CT molecular complexity index is 1010. The first-order chi connectivity index (χ1) is 13.5. The summed E-state index contributed by atoms with van der Waals surface area (Å²) in [4.78, 5) is 32.8. The average molecular weight is 416 g/mol. The lowest BCUT2D eigenvalue weighted by molar-refractivity contribution is -0.119. The van der Waals surface area contributed by atoms with Gasteiger partial charge in [-0.25, -0.2) is 4.98 Å². The lowest BCUT2D eigenvalue weighted by Crippen LogP contribution is -2.33. The van der Waals surface area contributed by atoms with Crippen LogP contribution in [-0.4, -0.2) is 27.7 Å². The van der Waals surface area contributed by atoms with Crippen molar-refractivity contribution in [3.8, 4) is 11.1 Å². The molecule has 0 bridgehead atoms. The van der Waals surface area contributed by atoms with Crippen molar-refractivity contribution >= 4 is 39.2 Å². The molecule has 28 heavy (non-hydrogen) atoms. The van der Waals surface area contributed by atoms with E-state index in [4.69, 9.17) is 0 Å². The van der Waals surface area contributed by atoms with E-state index in [-0.39, 0.29) is 17.5 Å². The molecule has 0 radical (unpaired) electrons. The minimum atomic E-state index is -0.126. The van der Waals surface area contributed by atoms with Gasteiger partial charge in [-0.05, 0) is 25.8 Å². The number of nitrogens with zero attached hydrogens (tertiary/aromatic N) is 1. The first-order valence-corrected chi connectivity index (χ1v) is 11.5. The highest BCUT2D eigenvalue weighted by Gasteiger charge is 2.13. The number of amides is 1. The Hall–Kier alpha value is -2.12. The summed E-state index contributed by atoms with van der Waals surface area (Å²) < 4.78 is 0. The molecule has 0 aliphatic rings. The van der Waals surface area contributed by atoms with Crippen LogP contribution in [0.4, 0.5) is 0 Å². The number of aromatic amines is 1. The molecule has 3 rings (SSSR count). The van der Waals surface area contributed by atoms with E-state index in [1.54, 1.807) is 0 Å². The summed E-state index contributed by atoms with van der Waals surface area (Å²) in [6.45, 7) is 6.16. The van der Waals surface area contributed by atoms with Gasteiger partial charge in [-0.2, -0.15) is 0 Å². The summed E-state index contributed by atoms with van der Waals surface area (Å²) in [7, 11) is 0. The monoisotopic (exact) mass is 415 g/mol. The van der Waals surface area contributed by atoms with E-state index in [1.165, 1.54) is 28.7 Å². The Morgan fingerprint density at radius 1 is 1.32 bits per heavy atom. The number of nitrogens with one attached hydrogen (secondary N) is 2. The van der Waals surface area contributed by atoms with Crippen LogP contribution in [0.5, 0.6) is 0 Å². The molecule has 0 unspecified atom stereocenters. The molecule has 2 N–H and O–H groups in total. The second-order valence-corrected chi connectivity index (χ2v) is 8.80. The number of hydrogen-bond acceptors (Lipinski definition) is 5. The van der Waals surface area contributed by atoms with Crippen molar-refractivity contribution in [2.45, 2.75) is 45.4 Å². The number of fused-ring (bicyclic) bond motifs is 1. The van der Waals surface area contributed by atoms with Crippen LogP contribution in [0.1, 0.15) is 38.1 Å². The molecule has 2 aromatic heterocycles. The molecule has 7 heteroatoms. The van der Waals surface area contributed by atoms with Crippen LogP contribution < -0.4 is 10.9 Å². The number of aryl methyl sites for hydroxylation is 1. The zero-order chi connectivity index (χ0) is 20.1. The molecule has 1 aromatic carbocycles. The van der Waals surface area contributed by atoms with E-state index in [0.717, 1.165) is 28.8 Å². The number of carbonyl (C=O) groups excluding carboxylic acids is 1. The molecule has 0 saturated carbocycles. The minimum Gasteiger partial charge on any atom is -0.353 e. The largest absolute Gasteiger partial charge is 0.353 e. The first-order valence-electron chi connectivity index (χ1n) is 9.42. The topological polar surface area (TPSA) is 74.8 Å². The van der Waals surface area contributed by atoms with E-state index < -0.39 is 0 Å². The van der Waals surface area contributed by atoms with Crippen LogP contribution >= 0.6 is 23.1 Å².